The molecule has 2 bridgehead atoms. The van der Waals surface area contributed by atoms with E-state index in [4.69, 9.17) is 4.74 Å². The summed E-state index contributed by atoms with van der Waals surface area (Å²) in [5, 5.41) is 0. The molecule has 0 N–H and O–H groups in total. The number of hydrogen-bond acceptors (Lipinski definition) is 3. The van der Waals surface area contributed by atoms with Crippen LogP contribution in [0.2, 0.25) is 0 Å². The van der Waals surface area contributed by atoms with Crippen LogP contribution in [0.5, 0.6) is 5.75 Å². The average Bonchev–Trinajstić information content (AvgIpc) is 2.91. The number of hydrogen-bond donors (Lipinski definition) is 0. The van der Waals surface area contributed by atoms with Crippen molar-refractivity contribution in [1.82, 2.24) is 4.90 Å². The topological polar surface area (TPSA) is 29.5 Å². The van der Waals surface area contributed by atoms with Crippen molar-refractivity contribution >= 4 is 49.1 Å². The fourth-order valence-electron chi connectivity index (χ4n) is 2.60. The third-order valence-electron chi connectivity index (χ3n) is 3.54. The minimum absolute atomic E-state index is 0.114. The van der Waals surface area contributed by atoms with Gasteiger partial charge in [-0.1, -0.05) is 0 Å². The molecule has 1 aliphatic carbocycles. The van der Waals surface area contributed by atoms with Crippen molar-refractivity contribution in [3.8, 4) is 5.75 Å². The number of nitrogens with zero attached hydrogens (tertiary/aromatic N) is 1. The van der Waals surface area contributed by atoms with E-state index in [0.29, 0.717) is 16.7 Å². The predicted octanol–water partition coefficient (Wildman–Crippen LogP) is 3.52. The van der Waals surface area contributed by atoms with Crippen LogP contribution in [-0.2, 0) is 0 Å². The summed E-state index contributed by atoms with van der Waals surface area (Å²) in [6.07, 6.45) is 2.36. The second-order valence-electron chi connectivity index (χ2n) is 4.50. The van der Waals surface area contributed by atoms with E-state index < -0.39 is 0 Å². The Balaban J connectivity index is 1.93. The van der Waals surface area contributed by atoms with Crippen molar-refractivity contribution in [2.45, 2.75) is 18.9 Å². The third-order valence-corrected chi connectivity index (χ3v) is 6.92. The van der Waals surface area contributed by atoms with Crippen molar-refractivity contribution in [2.24, 2.45) is 5.92 Å². The molecule has 0 unspecified atom stereocenters. The lowest BCUT2D eigenvalue weighted by Crippen LogP contribution is -2.33. The maximum absolute atomic E-state index is 12.4. The lowest BCUT2D eigenvalue weighted by atomic mass is 9.86. The first kappa shape index (κ1) is 12.0. The largest absolute Gasteiger partial charge is 0.494 e. The first-order valence-corrected chi connectivity index (χ1v) is 7.84. The molecule has 3 fully saturated rings. The second-order valence-corrected chi connectivity index (χ2v) is 7.63. The first-order chi connectivity index (χ1) is 8.11. The molecule has 0 atom stereocenters. The van der Waals surface area contributed by atoms with Gasteiger partial charge in [-0.25, -0.2) is 0 Å². The molecular weight excluding hydrogens is 370 g/mol. The van der Waals surface area contributed by atoms with Gasteiger partial charge in [0.1, 0.15) is 4.88 Å². The van der Waals surface area contributed by atoms with Crippen LogP contribution < -0.4 is 4.74 Å². The highest BCUT2D eigenvalue weighted by molar-refractivity contribution is 9.13. The summed E-state index contributed by atoms with van der Waals surface area (Å²) in [6, 6.07) is 0.469. The van der Waals surface area contributed by atoms with Gasteiger partial charge in [0, 0.05) is 12.6 Å². The van der Waals surface area contributed by atoms with Crippen LogP contribution in [0.1, 0.15) is 22.5 Å². The zero-order valence-electron chi connectivity index (χ0n) is 9.20. The van der Waals surface area contributed by atoms with Gasteiger partial charge in [-0.05, 0) is 50.6 Å². The fourth-order valence-corrected chi connectivity index (χ4v) is 4.85. The lowest BCUT2D eigenvalue weighted by Gasteiger charge is -2.25. The Morgan fingerprint density at radius 3 is 2.71 bits per heavy atom. The van der Waals surface area contributed by atoms with Gasteiger partial charge in [-0.15, -0.1) is 11.3 Å². The van der Waals surface area contributed by atoms with Crippen LogP contribution >= 0.6 is 43.2 Å². The number of ether oxygens (including phenoxy) is 1. The molecule has 2 saturated heterocycles. The zero-order chi connectivity index (χ0) is 12.2. The van der Waals surface area contributed by atoms with Gasteiger partial charge in [-0.2, -0.15) is 0 Å². The lowest BCUT2D eigenvalue weighted by molar-refractivity contribution is 0.0753. The molecule has 6 heteroatoms. The molecule has 3 aliphatic rings. The van der Waals surface area contributed by atoms with Gasteiger partial charge in [-0.3, -0.25) is 4.79 Å². The number of amides is 1. The van der Waals surface area contributed by atoms with E-state index in [-0.39, 0.29) is 5.91 Å². The molecular formula is C11H11Br2NO2S. The molecule has 1 amide bonds. The van der Waals surface area contributed by atoms with E-state index in [9.17, 15) is 4.79 Å². The SMILES string of the molecule is COc1c(C(=O)N2CC3CC2C3)sc(Br)c1Br. The number of rotatable bonds is 2. The average molecular weight is 381 g/mol. The Hall–Kier alpha value is -0.0700. The van der Waals surface area contributed by atoms with E-state index in [2.05, 4.69) is 31.9 Å². The highest BCUT2D eigenvalue weighted by Gasteiger charge is 2.46. The number of carbonyl (C=O) groups excluding carboxylic acids is 1. The molecule has 4 rings (SSSR count). The highest BCUT2D eigenvalue weighted by Crippen LogP contribution is 2.46. The molecule has 2 aliphatic heterocycles. The van der Waals surface area contributed by atoms with Crippen LogP contribution in [0.25, 0.3) is 0 Å². The molecule has 3 nitrogen and oxygen atoms in total. The summed E-state index contributed by atoms with van der Waals surface area (Å²) < 4.78 is 7.05. The third kappa shape index (κ3) is 1.76. The predicted molar refractivity (Wildman–Crippen MR) is 73.8 cm³/mol. The van der Waals surface area contributed by atoms with Gasteiger partial charge < -0.3 is 9.64 Å². The summed E-state index contributed by atoms with van der Waals surface area (Å²) in [5.74, 6) is 1.50. The number of thiophene rings is 1. The van der Waals surface area contributed by atoms with Gasteiger partial charge >= 0.3 is 0 Å². The molecule has 1 aromatic rings. The number of halogens is 2. The Bertz CT molecular complexity index is 482. The Labute approximate surface area is 120 Å². The molecule has 3 heterocycles. The molecule has 1 aromatic heterocycles. The van der Waals surface area contributed by atoms with Crippen molar-refractivity contribution in [3.05, 3.63) is 13.1 Å². The maximum Gasteiger partial charge on any atom is 0.268 e. The van der Waals surface area contributed by atoms with Crippen LogP contribution in [-0.4, -0.2) is 30.5 Å². The monoisotopic (exact) mass is 379 g/mol. The summed E-state index contributed by atoms with van der Waals surface area (Å²) in [4.78, 5) is 15.1. The zero-order valence-corrected chi connectivity index (χ0v) is 13.2. The van der Waals surface area contributed by atoms with Crippen molar-refractivity contribution in [1.29, 1.82) is 0 Å². The van der Waals surface area contributed by atoms with Crippen molar-refractivity contribution < 1.29 is 9.53 Å². The molecule has 0 aromatic carbocycles. The summed E-state index contributed by atoms with van der Waals surface area (Å²) in [7, 11) is 1.60. The molecule has 0 spiro atoms. The van der Waals surface area contributed by atoms with Crippen LogP contribution in [0.15, 0.2) is 8.26 Å². The summed E-state index contributed by atoms with van der Waals surface area (Å²) >= 11 is 8.30. The maximum atomic E-state index is 12.4. The second kappa shape index (κ2) is 4.24. The van der Waals surface area contributed by atoms with Gasteiger partial charge in [0.15, 0.2) is 5.75 Å². The van der Waals surface area contributed by atoms with Crippen LogP contribution in [0.3, 0.4) is 0 Å². The van der Waals surface area contributed by atoms with E-state index in [1.807, 2.05) is 4.90 Å². The molecule has 0 radical (unpaired) electrons. The minimum atomic E-state index is 0.114. The number of methoxy groups -OCH3 is 1. The van der Waals surface area contributed by atoms with E-state index in [1.165, 1.54) is 24.2 Å². The van der Waals surface area contributed by atoms with Crippen LogP contribution in [0, 0.1) is 5.92 Å². The van der Waals surface area contributed by atoms with Crippen molar-refractivity contribution in [2.75, 3.05) is 13.7 Å². The minimum Gasteiger partial charge on any atom is -0.494 e. The Morgan fingerprint density at radius 1 is 1.47 bits per heavy atom. The molecule has 17 heavy (non-hydrogen) atoms. The van der Waals surface area contributed by atoms with Crippen molar-refractivity contribution in [3.63, 3.8) is 0 Å². The summed E-state index contributed by atoms with van der Waals surface area (Å²) in [5.41, 5.74) is 0. The fraction of sp³-hybridized carbons (Fsp3) is 0.545. The van der Waals surface area contributed by atoms with Crippen LogP contribution in [0.4, 0.5) is 0 Å². The Morgan fingerprint density at radius 2 is 2.18 bits per heavy atom. The van der Waals surface area contributed by atoms with E-state index >= 15 is 0 Å². The quantitative estimate of drug-likeness (QED) is 0.785. The standard InChI is InChI=1S/C11H11Br2NO2S/c1-16-8-7(12)10(13)17-9(8)11(15)14-4-5-2-6(14)3-5/h5-6H,2-4H2,1H3. The van der Waals surface area contributed by atoms with Gasteiger partial charge in [0.25, 0.3) is 5.91 Å². The van der Waals surface area contributed by atoms with E-state index in [0.717, 1.165) is 20.7 Å². The molecule has 1 saturated carbocycles. The van der Waals surface area contributed by atoms with Gasteiger partial charge in [0.05, 0.1) is 15.4 Å². The Kier molecular flexibility index (Phi) is 2.99. The summed E-state index contributed by atoms with van der Waals surface area (Å²) in [6.45, 7) is 0.916. The van der Waals surface area contributed by atoms with Gasteiger partial charge in [0.2, 0.25) is 0 Å². The highest BCUT2D eigenvalue weighted by atomic mass is 79.9. The number of carbonyl (C=O) groups is 1. The first-order valence-electron chi connectivity index (χ1n) is 5.44. The number of fused-ring (bicyclic) bond motifs is 1. The normalized spacial score (nSPS) is 25.9. The van der Waals surface area contributed by atoms with E-state index in [1.54, 1.807) is 7.11 Å². The molecule has 92 valence electrons. The smallest absolute Gasteiger partial charge is 0.268 e.